The van der Waals surface area contributed by atoms with Gasteiger partial charge in [0.1, 0.15) is 11.5 Å². The lowest BCUT2D eigenvalue weighted by Gasteiger charge is -2.09. The van der Waals surface area contributed by atoms with Gasteiger partial charge in [0.15, 0.2) is 5.69 Å². The number of carbonyl (C=O) groups is 1. The van der Waals surface area contributed by atoms with Crippen molar-refractivity contribution in [2.45, 2.75) is 13.1 Å². The Labute approximate surface area is 122 Å². The third-order valence-corrected chi connectivity index (χ3v) is 2.80. The van der Waals surface area contributed by atoms with Gasteiger partial charge in [-0.25, -0.2) is 0 Å². The fourth-order valence-corrected chi connectivity index (χ4v) is 1.72. The molecule has 0 bridgehead atoms. The molecule has 1 amide bonds. The topological polar surface area (TPSA) is 84.6 Å². The maximum absolute atomic E-state index is 12.4. The summed E-state index contributed by atoms with van der Waals surface area (Å²) in [6, 6.07) is 3.11. The number of anilines is 1. The standard InChI is InChI=1S/C13H11F3N2O4/c1-6-3-8(19)7(4-9(6)21-2)12(20)17-11-5-10(18-22-11)13(14,15)16/h3-5,19H,1-2H3,(H,17,20). The zero-order valence-electron chi connectivity index (χ0n) is 11.5. The number of carbonyl (C=O) groups excluding carboxylic acids is 1. The Morgan fingerprint density at radius 2 is 2.05 bits per heavy atom. The molecule has 0 aliphatic carbocycles. The third-order valence-electron chi connectivity index (χ3n) is 2.80. The van der Waals surface area contributed by atoms with E-state index in [1.54, 1.807) is 6.92 Å². The van der Waals surface area contributed by atoms with Gasteiger partial charge in [-0.1, -0.05) is 5.16 Å². The summed E-state index contributed by atoms with van der Waals surface area (Å²) in [7, 11) is 1.38. The van der Waals surface area contributed by atoms with E-state index in [4.69, 9.17) is 4.74 Å². The van der Waals surface area contributed by atoms with Crippen LogP contribution in [0, 0.1) is 6.92 Å². The van der Waals surface area contributed by atoms with Crippen LogP contribution in [-0.4, -0.2) is 23.3 Å². The number of nitrogens with one attached hydrogen (secondary N) is 1. The maximum atomic E-state index is 12.4. The van der Waals surface area contributed by atoms with Crippen molar-refractivity contribution < 1.29 is 32.3 Å². The fraction of sp³-hybridized carbons (Fsp3) is 0.231. The molecule has 0 fully saturated rings. The Morgan fingerprint density at radius 3 is 2.59 bits per heavy atom. The smallest absolute Gasteiger partial charge is 0.436 e. The van der Waals surface area contributed by atoms with Gasteiger partial charge in [0, 0.05) is 6.07 Å². The zero-order valence-corrected chi connectivity index (χ0v) is 11.5. The van der Waals surface area contributed by atoms with Crippen molar-refractivity contribution in [2.24, 2.45) is 0 Å². The molecule has 0 saturated carbocycles. The number of amides is 1. The average Bonchev–Trinajstić information content (AvgIpc) is 2.87. The van der Waals surface area contributed by atoms with E-state index in [-0.39, 0.29) is 11.3 Å². The van der Waals surface area contributed by atoms with Crippen LogP contribution in [0.4, 0.5) is 19.1 Å². The van der Waals surface area contributed by atoms with Crippen molar-refractivity contribution in [3.63, 3.8) is 0 Å². The Balaban J connectivity index is 2.24. The second-order valence-electron chi connectivity index (χ2n) is 4.37. The Kier molecular flexibility index (Phi) is 3.98. The molecule has 0 aliphatic rings. The highest BCUT2D eigenvalue weighted by atomic mass is 19.4. The first kappa shape index (κ1) is 15.7. The highest BCUT2D eigenvalue weighted by Gasteiger charge is 2.35. The van der Waals surface area contributed by atoms with E-state index in [1.165, 1.54) is 19.2 Å². The van der Waals surface area contributed by atoms with Crippen molar-refractivity contribution in [2.75, 3.05) is 12.4 Å². The average molecular weight is 316 g/mol. The predicted molar refractivity (Wildman–Crippen MR) is 68.9 cm³/mol. The summed E-state index contributed by atoms with van der Waals surface area (Å²) in [5.41, 5.74) is -0.850. The molecule has 2 N–H and O–H groups in total. The summed E-state index contributed by atoms with van der Waals surface area (Å²) in [6.07, 6.45) is -4.68. The molecule has 2 rings (SSSR count). The lowest BCUT2D eigenvalue weighted by Crippen LogP contribution is -2.12. The largest absolute Gasteiger partial charge is 0.507 e. The lowest BCUT2D eigenvalue weighted by molar-refractivity contribution is -0.142. The van der Waals surface area contributed by atoms with Gasteiger partial charge in [-0.15, -0.1) is 0 Å². The first-order valence-corrected chi connectivity index (χ1v) is 5.95. The van der Waals surface area contributed by atoms with Crippen LogP contribution >= 0.6 is 0 Å². The van der Waals surface area contributed by atoms with E-state index in [1.807, 2.05) is 0 Å². The van der Waals surface area contributed by atoms with Gasteiger partial charge in [-0.05, 0) is 24.6 Å². The molecular formula is C13H11F3N2O4. The summed E-state index contributed by atoms with van der Waals surface area (Å²) < 4.78 is 46.5. The number of rotatable bonds is 3. The molecule has 1 heterocycles. The van der Waals surface area contributed by atoms with Crippen molar-refractivity contribution in [1.82, 2.24) is 5.16 Å². The van der Waals surface area contributed by atoms with Gasteiger partial charge in [0.05, 0.1) is 12.7 Å². The van der Waals surface area contributed by atoms with Crippen LogP contribution in [0.3, 0.4) is 0 Å². The number of hydrogen-bond acceptors (Lipinski definition) is 5. The SMILES string of the molecule is COc1cc(C(=O)Nc2cc(C(F)(F)F)no2)c(O)cc1C. The summed E-state index contributed by atoms with van der Waals surface area (Å²) >= 11 is 0. The Bertz CT molecular complexity index is 710. The van der Waals surface area contributed by atoms with E-state index < -0.39 is 23.7 Å². The molecule has 0 spiro atoms. The zero-order chi connectivity index (χ0) is 16.5. The van der Waals surface area contributed by atoms with E-state index in [2.05, 4.69) is 15.0 Å². The number of nitrogens with zero attached hydrogens (tertiary/aromatic N) is 1. The minimum Gasteiger partial charge on any atom is -0.507 e. The summed E-state index contributed by atoms with van der Waals surface area (Å²) in [5, 5.41) is 14.6. The molecule has 22 heavy (non-hydrogen) atoms. The van der Waals surface area contributed by atoms with E-state index in [0.29, 0.717) is 17.4 Å². The highest BCUT2D eigenvalue weighted by molar-refractivity contribution is 6.05. The van der Waals surface area contributed by atoms with E-state index in [9.17, 15) is 23.1 Å². The minimum absolute atomic E-state index is 0.174. The summed E-state index contributed by atoms with van der Waals surface area (Å²) in [4.78, 5) is 12.0. The lowest BCUT2D eigenvalue weighted by atomic mass is 10.1. The molecule has 0 saturated heterocycles. The van der Waals surface area contributed by atoms with Crippen molar-refractivity contribution in [1.29, 1.82) is 0 Å². The quantitative estimate of drug-likeness (QED) is 0.909. The number of ether oxygens (including phenoxy) is 1. The summed E-state index contributed by atoms with van der Waals surface area (Å²) in [6.45, 7) is 1.66. The fourth-order valence-electron chi connectivity index (χ4n) is 1.72. The van der Waals surface area contributed by atoms with Crippen LogP contribution < -0.4 is 10.1 Å². The number of aryl methyl sites for hydroxylation is 1. The maximum Gasteiger partial charge on any atom is 0.436 e. The Hall–Kier alpha value is -2.71. The first-order chi connectivity index (χ1) is 10.2. The number of phenols is 1. The first-order valence-electron chi connectivity index (χ1n) is 5.95. The molecule has 1 aromatic carbocycles. The van der Waals surface area contributed by atoms with Gasteiger partial charge in [-0.3, -0.25) is 10.1 Å². The minimum atomic E-state index is -4.68. The van der Waals surface area contributed by atoms with Crippen LogP contribution in [0.5, 0.6) is 11.5 Å². The number of benzene rings is 1. The van der Waals surface area contributed by atoms with Crippen molar-refractivity contribution >= 4 is 11.8 Å². The molecule has 1 aromatic heterocycles. The number of phenolic OH excluding ortho intramolecular Hbond substituents is 1. The van der Waals surface area contributed by atoms with Crippen LogP contribution in [-0.2, 0) is 6.18 Å². The van der Waals surface area contributed by atoms with Gasteiger partial charge in [-0.2, -0.15) is 13.2 Å². The number of aromatic hydroxyl groups is 1. The molecule has 0 radical (unpaired) electrons. The molecule has 9 heteroatoms. The number of alkyl halides is 3. The normalized spacial score (nSPS) is 11.3. The number of methoxy groups -OCH3 is 1. The van der Waals surface area contributed by atoms with E-state index in [0.717, 1.165) is 0 Å². The molecular weight excluding hydrogens is 305 g/mol. The van der Waals surface area contributed by atoms with Crippen LogP contribution in [0.2, 0.25) is 0 Å². The van der Waals surface area contributed by atoms with Gasteiger partial charge in [0.2, 0.25) is 5.88 Å². The van der Waals surface area contributed by atoms with Crippen molar-refractivity contribution in [3.05, 3.63) is 35.0 Å². The Morgan fingerprint density at radius 1 is 1.36 bits per heavy atom. The van der Waals surface area contributed by atoms with Crippen LogP contribution in [0.1, 0.15) is 21.6 Å². The van der Waals surface area contributed by atoms with Crippen molar-refractivity contribution in [3.8, 4) is 11.5 Å². The van der Waals surface area contributed by atoms with Gasteiger partial charge >= 0.3 is 6.18 Å². The van der Waals surface area contributed by atoms with Gasteiger partial charge in [0.25, 0.3) is 5.91 Å². The molecule has 0 aliphatic heterocycles. The highest BCUT2D eigenvalue weighted by Crippen LogP contribution is 2.31. The molecule has 2 aromatic rings. The third kappa shape index (κ3) is 3.13. The molecule has 0 atom stereocenters. The molecule has 0 unspecified atom stereocenters. The second-order valence-corrected chi connectivity index (χ2v) is 4.37. The predicted octanol–water partition coefficient (Wildman–Crippen LogP) is 2.97. The second kappa shape index (κ2) is 5.58. The van der Waals surface area contributed by atoms with Crippen LogP contribution in [0.15, 0.2) is 22.7 Å². The van der Waals surface area contributed by atoms with Gasteiger partial charge < -0.3 is 14.4 Å². The summed E-state index contributed by atoms with van der Waals surface area (Å²) in [5.74, 6) is -1.35. The van der Waals surface area contributed by atoms with E-state index >= 15 is 0 Å². The van der Waals surface area contributed by atoms with Crippen LogP contribution in [0.25, 0.3) is 0 Å². The molecule has 118 valence electrons. The number of hydrogen-bond donors (Lipinski definition) is 2. The monoisotopic (exact) mass is 316 g/mol. The number of aromatic nitrogens is 1. The molecule has 6 nitrogen and oxygen atoms in total. The number of halogens is 3.